The van der Waals surface area contributed by atoms with E-state index in [0.29, 0.717) is 11.8 Å². The van der Waals surface area contributed by atoms with Crippen LogP contribution < -0.4 is 5.56 Å². The van der Waals surface area contributed by atoms with E-state index in [-0.39, 0.29) is 11.5 Å². The summed E-state index contributed by atoms with van der Waals surface area (Å²) in [4.78, 5) is 28.8. The number of rotatable bonds is 7. The SMILES string of the molecule is CCCN(CCC)C(=O)C=CCN1CC2CC(C1)c1cccc(=O)n1C2. The summed E-state index contributed by atoms with van der Waals surface area (Å²) in [7, 11) is 0. The second-order valence-electron chi connectivity index (χ2n) is 7.64. The maximum atomic E-state index is 12.3. The van der Waals surface area contributed by atoms with Crippen molar-refractivity contribution in [2.75, 3.05) is 32.7 Å². The second kappa shape index (κ2) is 8.67. The summed E-state index contributed by atoms with van der Waals surface area (Å²) in [6, 6.07) is 5.63. The number of piperidine rings is 1. The van der Waals surface area contributed by atoms with Gasteiger partial charge in [0.05, 0.1) is 0 Å². The predicted molar refractivity (Wildman–Crippen MR) is 104 cm³/mol. The van der Waals surface area contributed by atoms with Crippen LogP contribution in [-0.4, -0.2) is 53.0 Å². The summed E-state index contributed by atoms with van der Waals surface area (Å²) in [6.45, 7) is 9.47. The smallest absolute Gasteiger partial charge is 0.250 e. The fourth-order valence-corrected chi connectivity index (χ4v) is 4.42. The zero-order chi connectivity index (χ0) is 18.5. The average molecular weight is 357 g/mol. The van der Waals surface area contributed by atoms with Crippen molar-refractivity contribution < 1.29 is 4.79 Å². The van der Waals surface area contributed by atoms with E-state index >= 15 is 0 Å². The largest absolute Gasteiger partial charge is 0.339 e. The summed E-state index contributed by atoms with van der Waals surface area (Å²) >= 11 is 0. The Balaban J connectivity index is 1.59. The highest BCUT2D eigenvalue weighted by molar-refractivity contribution is 5.87. The molecule has 1 amide bonds. The first kappa shape index (κ1) is 18.9. The first-order valence-corrected chi connectivity index (χ1v) is 9.99. The van der Waals surface area contributed by atoms with Crippen LogP contribution >= 0.6 is 0 Å². The van der Waals surface area contributed by atoms with Gasteiger partial charge in [-0.2, -0.15) is 0 Å². The van der Waals surface area contributed by atoms with Crippen molar-refractivity contribution in [1.82, 2.24) is 14.4 Å². The van der Waals surface area contributed by atoms with Crippen molar-refractivity contribution in [3.63, 3.8) is 0 Å². The van der Waals surface area contributed by atoms with E-state index in [1.165, 1.54) is 12.1 Å². The Kier molecular flexibility index (Phi) is 6.30. The molecule has 0 N–H and O–H groups in total. The summed E-state index contributed by atoms with van der Waals surface area (Å²) in [5.74, 6) is 1.09. The van der Waals surface area contributed by atoms with E-state index in [1.54, 1.807) is 12.1 Å². The van der Waals surface area contributed by atoms with Crippen LogP contribution in [0.1, 0.15) is 44.7 Å². The lowest BCUT2D eigenvalue weighted by atomic mass is 9.83. The molecule has 2 unspecified atom stereocenters. The fourth-order valence-electron chi connectivity index (χ4n) is 4.42. The lowest BCUT2D eigenvalue weighted by Crippen LogP contribution is -2.47. The first-order valence-electron chi connectivity index (χ1n) is 9.99. The van der Waals surface area contributed by atoms with E-state index in [4.69, 9.17) is 0 Å². The molecule has 0 spiro atoms. The molecule has 0 aromatic carbocycles. The van der Waals surface area contributed by atoms with Gasteiger partial charge in [0.25, 0.3) is 5.56 Å². The molecule has 1 aromatic rings. The van der Waals surface area contributed by atoms with Gasteiger partial charge in [-0.15, -0.1) is 0 Å². The van der Waals surface area contributed by atoms with Crippen LogP contribution in [0.4, 0.5) is 0 Å². The van der Waals surface area contributed by atoms with Crippen LogP contribution in [-0.2, 0) is 11.3 Å². The van der Waals surface area contributed by atoms with Crippen molar-refractivity contribution in [1.29, 1.82) is 0 Å². The number of carbonyl (C=O) groups excluding carboxylic acids is 1. The maximum Gasteiger partial charge on any atom is 0.250 e. The summed E-state index contributed by atoms with van der Waals surface area (Å²) < 4.78 is 1.96. The lowest BCUT2D eigenvalue weighted by molar-refractivity contribution is -0.126. The van der Waals surface area contributed by atoms with Crippen molar-refractivity contribution in [2.24, 2.45) is 5.92 Å². The van der Waals surface area contributed by atoms with Crippen LogP contribution in [0.25, 0.3) is 0 Å². The van der Waals surface area contributed by atoms with Crippen molar-refractivity contribution in [2.45, 2.75) is 45.6 Å². The van der Waals surface area contributed by atoms with E-state index < -0.39 is 0 Å². The molecule has 1 aromatic heterocycles. The van der Waals surface area contributed by atoms with E-state index in [1.807, 2.05) is 21.6 Å². The highest BCUT2D eigenvalue weighted by Crippen LogP contribution is 2.34. The molecule has 1 fully saturated rings. The van der Waals surface area contributed by atoms with Crippen molar-refractivity contribution >= 4 is 5.91 Å². The minimum Gasteiger partial charge on any atom is -0.339 e. The summed E-state index contributed by atoms with van der Waals surface area (Å²) in [5.41, 5.74) is 1.30. The molecule has 26 heavy (non-hydrogen) atoms. The predicted octanol–water partition coefficient (Wildman–Crippen LogP) is 2.47. The van der Waals surface area contributed by atoms with Gasteiger partial charge in [-0.3, -0.25) is 14.5 Å². The second-order valence-corrected chi connectivity index (χ2v) is 7.64. The molecule has 0 saturated carbocycles. The Morgan fingerprint density at radius 1 is 1.19 bits per heavy atom. The fraction of sp³-hybridized carbons (Fsp3) is 0.619. The van der Waals surface area contributed by atoms with Crippen LogP contribution in [0, 0.1) is 5.92 Å². The quantitative estimate of drug-likeness (QED) is 0.704. The Morgan fingerprint density at radius 3 is 2.69 bits per heavy atom. The average Bonchev–Trinajstić information content (AvgIpc) is 2.62. The van der Waals surface area contributed by atoms with Gasteiger partial charge in [0.2, 0.25) is 5.91 Å². The van der Waals surface area contributed by atoms with E-state index in [2.05, 4.69) is 24.8 Å². The minimum absolute atomic E-state index is 0.128. The molecule has 3 rings (SSSR count). The van der Waals surface area contributed by atoms with Crippen LogP contribution in [0.3, 0.4) is 0 Å². The van der Waals surface area contributed by atoms with Gasteiger partial charge in [-0.05, 0) is 31.2 Å². The molecule has 1 saturated heterocycles. The highest BCUT2D eigenvalue weighted by Gasteiger charge is 2.33. The van der Waals surface area contributed by atoms with Crippen LogP contribution in [0.15, 0.2) is 35.1 Å². The first-order chi connectivity index (χ1) is 12.6. The molecular formula is C21H31N3O2. The third kappa shape index (κ3) is 4.26. The lowest BCUT2D eigenvalue weighted by Gasteiger charge is -2.42. The van der Waals surface area contributed by atoms with Crippen LogP contribution in [0.5, 0.6) is 0 Å². The molecule has 0 radical (unpaired) electrons. The van der Waals surface area contributed by atoms with Gasteiger partial charge in [-0.25, -0.2) is 0 Å². The number of aromatic nitrogens is 1. The normalized spacial score (nSPS) is 22.4. The third-order valence-corrected chi connectivity index (χ3v) is 5.48. The van der Waals surface area contributed by atoms with Gasteiger partial charge in [0.15, 0.2) is 0 Å². The number of amides is 1. The number of fused-ring (bicyclic) bond motifs is 4. The zero-order valence-electron chi connectivity index (χ0n) is 16.1. The highest BCUT2D eigenvalue weighted by atomic mass is 16.2. The van der Waals surface area contributed by atoms with Crippen LogP contribution in [0.2, 0.25) is 0 Å². The Labute approximate surface area is 156 Å². The molecule has 2 atom stereocenters. The molecule has 3 heterocycles. The molecule has 0 aliphatic carbocycles. The molecule has 5 heteroatoms. The monoisotopic (exact) mass is 357 g/mol. The number of likely N-dealkylation sites (tertiary alicyclic amines) is 1. The number of hydrogen-bond acceptors (Lipinski definition) is 3. The Hall–Kier alpha value is -1.88. The molecular weight excluding hydrogens is 326 g/mol. The molecule has 5 nitrogen and oxygen atoms in total. The van der Waals surface area contributed by atoms with Gasteiger partial charge in [0, 0.05) is 63.0 Å². The number of carbonyl (C=O) groups is 1. The molecule has 2 bridgehead atoms. The maximum absolute atomic E-state index is 12.3. The van der Waals surface area contributed by atoms with Gasteiger partial charge in [-0.1, -0.05) is 26.0 Å². The zero-order valence-corrected chi connectivity index (χ0v) is 16.1. The Morgan fingerprint density at radius 2 is 1.96 bits per heavy atom. The van der Waals surface area contributed by atoms with Gasteiger partial charge in [0.1, 0.15) is 0 Å². The summed E-state index contributed by atoms with van der Waals surface area (Å²) in [5, 5.41) is 0. The van der Waals surface area contributed by atoms with E-state index in [0.717, 1.165) is 52.1 Å². The standard InChI is InChI=1S/C21H31N3O2/c1-3-10-23(11-4-2)20(25)9-6-12-22-14-17-13-18(16-22)19-7-5-8-21(26)24(19)15-17/h5-9,17-18H,3-4,10-16H2,1-2H3. The number of hydrogen-bond donors (Lipinski definition) is 0. The number of pyridine rings is 1. The van der Waals surface area contributed by atoms with Gasteiger partial charge >= 0.3 is 0 Å². The number of nitrogens with zero attached hydrogens (tertiary/aromatic N) is 3. The van der Waals surface area contributed by atoms with Gasteiger partial charge < -0.3 is 9.47 Å². The molecule has 2 aliphatic heterocycles. The van der Waals surface area contributed by atoms with Crippen molar-refractivity contribution in [3.05, 3.63) is 46.4 Å². The summed E-state index contributed by atoms with van der Waals surface area (Å²) in [6.07, 6.45) is 6.92. The molecule has 2 aliphatic rings. The Bertz CT molecular complexity index is 703. The molecule has 142 valence electrons. The minimum atomic E-state index is 0.128. The van der Waals surface area contributed by atoms with Crippen molar-refractivity contribution in [3.8, 4) is 0 Å². The third-order valence-electron chi connectivity index (χ3n) is 5.48. The topological polar surface area (TPSA) is 45.6 Å². The van der Waals surface area contributed by atoms with E-state index in [9.17, 15) is 9.59 Å².